The number of carbonyl (C=O) groups is 1. The molecule has 4 nitrogen and oxygen atoms in total. The van der Waals surface area contributed by atoms with Gasteiger partial charge in [0.1, 0.15) is 5.60 Å². The molecule has 0 aromatic heterocycles. The normalized spacial score (nSPS) is 43.0. The van der Waals surface area contributed by atoms with Gasteiger partial charge in [-0.2, -0.15) is 0 Å². The van der Waals surface area contributed by atoms with Crippen LogP contribution in [0.5, 0.6) is 0 Å². The first-order valence-corrected chi connectivity index (χ1v) is 2.81. The molecule has 4 N–H and O–H groups in total. The Morgan fingerprint density at radius 2 is 2.56 bits per heavy atom. The monoisotopic (exact) mass is 130 g/mol. The lowest BCUT2D eigenvalue weighted by Crippen LogP contribution is -2.36. The minimum Gasteiger partial charge on any atom is -0.380 e. The van der Waals surface area contributed by atoms with Gasteiger partial charge in [-0.25, -0.2) is 0 Å². The molecule has 0 radical (unpaired) electrons. The molecule has 2 atom stereocenters. The van der Waals surface area contributed by atoms with Crippen molar-refractivity contribution in [3.63, 3.8) is 0 Å². The second-order valence-corrected chi connectivity index (χ2v) is 2.56. The smallest absolute Gasteiger partial charge is 0.253 e. The van der Waals surface area contributed by atoms with Crippen LogP contribution in [0.2, 0.25) is 0 Å². The van der Waals surface area contributed by atoms with Crippen LogP contribution in [0.1, 0.15) is 13.3 Å². The molecule has 1 aliphatic heterocycles. The van der Waals surface area contributed by atoms with Crippen LogP contribution < -0.4 is 11.1 Å². The number of hydrogen-bond acceptors (Lipinski definition) is 3. The van der Waals surface area contributed by atoms with Crippen LogP contribution >= 0.6 is 0 Å². The van der Waals surface area contributed by atoms with Gasteiger partial charge in [0.15, 0.2) is 0 Å². The molecule has 52 valence electrons. The Bertz CT molecular complexity index is 144. The fourth-order valence-corrected chi connectivity index (χ4v) is 0.896. The van der Waals surface area contributed by atoms with Crippen LogP contribution in [0.15, 0.2) is 0 Å². The van der Waals surface area contributed by atoms with Crippen molar-refractivity contribution in [3.8, 4) is 0 Å². The van der Waals surface area contributed by atoms with Crippen LogP contribution in [0.3, 0.4) is 0 Å². The standard InChI is InChI=1S/C5H10N2O2/c1-5(9)2-3(6)7-4(5)8/h3,9H,2,6H2,1H3,(H,7,8). The molecule has 9 heavy (non-hydrogen) atoms. The van der Waals surface area contributed by atoms with Crippen molar-refractivity contribution in [3.05, 3.63) is 0 Å². The van der Waals surface area contributed by atoms with E-state index in [2.05, 4.69) is 5.32 Å². The number of nitrogens with one attached hydrogen (secondary N) is 1. The predicted octanol–water partition coefficient (Wildman–Crippen LogP) is -1.46. The molecule has 0 aromatic carbocycles. The van der Waals surface area contributed by atoms with Crippen LogP contribution in [-0.2, 0) is 4.79 Å². The van der Waals surface area contributed by atoms with Gasteiger partial charge in [-0.1, -0.05) is 0 Å². The quantitative estimate of drug-likeness (QED) is 0.375. The molecule has 1 saturated heterocycles. The van der Waals surface area contributed by atoms with E-state index in [1.165, 1.54) is 6.92 Å². The molecule has 0 aromatic rings. The molecule has 1 heterocycles. The number of hydrogen-bond donors (Lipinski definition) is 3. The zero-order valence-electron chi connectivity index (χ0n) is 5.22. The summed E-state index contributed by atoms with van der Waals surface area (Å²) in [4.78, 5) is 10.7. The molecule has 4 heteroatoms. The third-order valence-electron chi connectivity index (χ3n) is 1.42. The van der Waals surface area contributed by atoms with E-state index in [4.69, 9.17) is 10.8 Å². The minimum atomic E-state index is -1.25. The third-order valence-corrected chi connectivity index (χ3v) is 1.42. The molecule has 1 rings (SSSR count). The summed E-state index contributed by atoms with van der Waals surface area (Å²) < 4.78 is 0. The lowest BCUT2D eigenvalue weighted by molar-refractivity contribution is -0.133. The van der Waals surface area contributed by atoms with E-state index in [-0.39, 0.29) is 12.1 Å². The second kappa shape index (κ2) is 1.68. The zero-order chi connectivity index (χ0) is 7.07. The maximum Gasteiger partial charge on any atom is 0.253 e. The summed E-state index contributed by atoms with van der Waals surface area (Å²) in [5, 5.41) is 11.5. The highest BCUT2D eigenvalue weighted by molar-refractivity contribution is 5.86. The van der Waals surface area contributed by atoms with Gasteiger partial charge in [0, 0.05) is 6.42 Å². The average molecular weight is 130 g/mol. The highest BCUT2D eigenvalue weighted by Crippen LogP contribution is 2.16. The van der Waals surface area contributed by atoms with E-state index in [0.717, 1.165) is 0 Å². The number of amides is 1. The highest BCUT2D eigenvalue weighted by Gasteiger charge is 2.39. The Hall–Kier alpha value is -0.610. The average Bonchev–Trinajstić information content (AvgIpc) is 1.79. The molecule has 2 unspecified atom stereocenters. The van der Waals surface area contributed by atoms with Gasteiger partial charge in [-0.05, 0) is 6.92 Å². The van der Waals surface area contributed by atoms with E-state index < -0.39 is 5.60 Å². The topological polar surface area (TPSA) is 75.3 Å². The van der Waals surface area contributed by atoms with Crippen LogP contribution in [-0.4, -0.2) is 22.8 Å². The Kier molecular flexibility index (Phi) is 1.22. The summed E-state index contributed by atoms with van der Waals surface area (Å²) in [5.41, 5.74) is 4.06. The van der Waals surface area contributed by atoms with Crippen molar-refractivity contribution < 1.29 is 9.90 Å². The van der Waals surface area contributed by atoms with E-state index >= 15 is 0 Å². The SMILES string of the molecule is CC1(O)CC(N)NC1=O. The first kappa shape index (κ1) is 6.51. The molecular weight excluding hydrogens is 120 g/mol. The third kappa shape index (κ3) is 1.04. The lowest BCUT2D eigenvalue weighted by Gasteiger charge is -2.09. The fourth-order valence-electron chi connectivity index (χ4n) is 0.896. The summed E-state index contributed by atoms with van der Waals surface area (Å²) in [7, 11) is 0. The summed E-state index contributed by atoms with van der Waals surface area (Å²) >= 11 is 0. The predicted molar refractivity (Wildman–Crippen MR) is 31.4 cm³/mol. The molecule has 0 bridgehead atoms. The maximum atomic E-state index is 10.7. The highest BCUT2D eigenvalue weighted by atomic mass is 16.3. The Morgan fingerprint density at radius 3 is 2.67 bits per heavy atom. The summed E-state index contributed by atoms with van der Waals surface area (Å²) in [6, 6.07) is 0. The molecule has 1 amide bonds. The Balaban J connectivity index is 2.70. The maximum absolute atomic E-state index is 10.7. The van der Waals surface area contributed by atoms with Gasteiger partial charge in [-0.15, -0.1) is 0 Å². The number of nitrogens with two attached hydrogens (primary N) is 1. The molecule has 0 aliphatic carbocycles. The van der Waals surface area contributed by atoms with Crippen molar-refractivity contribution >= 4 is 5.91 Å². The van der Waals surface area contributed by atoms with Crippen molar-refractivity contribution in [2.75, 3.05) is 0 Å². The van der Waals surface area contributed by atoms with Crippen LogP contribution in [0, 0.1) is 0 Å². The van der Waals surface area contributed by atoms with Crippen molar-refractivity contribution in [2.24, 2.45) is 5.73 Å². The number of rotatable bonds is 0. The minimum absolute atomic E-state index is 0.297. The van der Waals surface area contributed by atoms with Gasteiger partial charge in [-0.3, -0.25) is 4.79 Å². The first-order valence-electron chi connectivity index (χ1n) is 2.81. The Labute approximate surface area is 53.0 Å². The largest absolute Gasteiger partial charge is 0.380 e. The van der Waals surface area contributed by atoms with Crippen molar-refractivity contribution in [2.45, 2.75) is 25.1 Å². The van der Waals surface area contributed by atoms with Gasteiger partial charge >= 0.3 is 0 Å². The second-order valence-electron chi connectivity index (χ2n) is 2.56. The Morgan fingerprint density at radius 1 is 2.00 bits per heavy atom. The number of aliphatic hydroxyl groups is 1. The molecular formula is C5H10N2O2. The fraction of sp³-hybridized carbons (Fsp3) is 0.800. The van der Waals surface area contributed by atoms with Gasteiger partial charge < -0.3 is 16.2 Å². The van der Waals surface area contributed by atoms with Gasteiger partial charge in [0.25, 0.3) is 5.91 Å². The first-order chi connectivity index (χ1) is 4.02. The van der Waals surface area contributed by atoms with Crippen LogP contribution in [0.25, 0.3) is 0 Å². The van der Waals surface area contributed by atoms with E-state index in [0.29, 0.717) is 6.42 Å². The lowest BCUT2D eigenvalue weighted by atomic mass is 10.1. The van der Waals surface area contributed by atoms with Crippen LogP contribution in [0.4, 0.5) is 0 Å². The van der Waals surface area contributed by atoms with Crippen molar-refractivity contribution in [1.29, 1.82) is 0 Å². The van der Waals surface area contributed by atoms with Gasteiger partial charge in [0.05, 0.1) is 6.17 Å². The summed E-state index contributed by atoms with van der Waals surface area (Å²) in [6.07, 6.45) is -0.0845. The van der Waals surface area contributed by atoms with E-state index in [9.17, 15) is 4.79 Å². The zero-order valence-corrected chi connectivity index (χ0v) is 5.22. The molecule has 1 aliphatic rings. The molecule has 0 spiro atoms. The van der Waals surface area contributed by atoms with E-state index in [1.807, 2.05) is 0 Å². The van der Waals surface area contributed by atoms with Gasteiger partial charge in [0.2, 0.25) is 0 Å². The van der Waals surface area contributed by atoms with E-state index in [1.54, 1.807) is 0 Å². The summed E-state index contributed by atoms with van der Waals surface area (Å²) in [5.74, 6) is -0.380. The van der Waals surface area contributed by atoms with Crippen molar-refractivity contribution in [1.82, 2.24) is 5.32 Å². The molecule has 1 fully saturated rings. The number of carbonyl (C=O) groups excluding carboxylic acids is 1. The summed E-state index contributed by atoms with van der Waals surface area (Å²) in [6.45, 7) is 1.45. The molecule has 0 saturated carbocycles.